The number of amides is 1. The van der Waals surface area contributed by atoms with Gasteiger partial charge in [-0.25, -0.2) is 9.78 Å². The summed E-state index contributed by atoms with van der Waals surface area (Å²) >= 11 is 0. The lowest BCUT2D eigenvalue weighted by Gasteiger charge is -2.33. The number of rotatable bonds is 3. The molecule has 21 heavy (non-hydrogen) atoms. The first-order chi connectivity index (χ1) is 9.94. The van der Waals surface area contributed by atoms with E-state index in [-0.39, 0.29) is 6.09 Å². The second-order valence-electron chi connectivity index (χ2n) is 6.38. The third kappa shape index (κ3) is 5.21. The lowest BCUT2D eigenvalue weighted by Crippen LogP contribution is -2.42. The molecule has 0 unspecified atom stereocenters. The van der Waals surface area contributed by atoms with E-state index in [0.29, 0.717) is 5.92 Å². The molecular formula is C15H24N4O2. The van der Waals surface area contributed by atoms with Gasteiger partial charge in [0.1, 0.15) is 11.4 Å². The summed E-state index contributed by atoms with van der Waals surface area (Å²) in [5.41, 5.74) is -0.429. The van der Waals surface area contributed by atoms with Crippen molar-refractivity contribution < 1.29 is 9.53 Å². The third-order valence-corrected chi connectivity index (χ3v) is 3.40. The summed E-state index contributed by atoms with van der Waals surface area (Å²) in [5.74, 6) is 1.35. The van der Waals surface area contributed by atoms with Crippen molar-refractivity contribution in [2.75, 3.05) is 25.0 Å². The average Bonchev–Trinajstić information content (AvgIpc) is 2.45. The molecule has 116 valence electrons. The number of aromatic nitrogens is 2. The molecule has 1 saturated heterocycles. The predicted octanol–water partition coefficient (Wildman–Crippen LogP) is 2.54. The van der Waals surface area contributed by atoms with Crippen LogP contribution in [0.3, 0.4) is 0 Å². The molecule has 2 rings (SSSR count). The Kier molecular flexibility index (Phi) is 4.98. The van der Waals surface area contributed by atoms with E-state index >= 15 is 0 Å². The van der Waals surface area contributed by atoms with Gasteiger partial charge < -0.3 is 15.0 Å². The number of nitrogens with zero attached hydrogens (tertiary/aromatic N) is 3. The number of piperidine rings is 1. The van der Waals surface area contributed by atoms with Crippen molar-refractivity contribution in [3.8, 4) is 0 Å². The molecule has 0 spiro atoms. The van der Waals surface area contributed by atoms with Crippen molar-refractivity contribution in [1.29, 1.82) is 0 Å². The van der Waals surface area contributed by atoms with Gasteiger partial charge in [-0.15, -0.1) is 0 Å². The van der Waals surface area contributed by atoms with E-state index in [1.165, 1.54) is 0 Å². The van der Waals surface area contributed by atoms with Crippen LogP contribution in [0.1, 0.15) is 33.6 Å². The maximum absolute atomic E-state index is 12.0. The van der Waals surface area contributed by atoms with Crippen LogP contribution < -0.4 is 5.32 Å². The zero-order valence-electron chi connectivity index (χ0n) is 13.0. The van der Waals surface area contributed by atoms with Crippen LogP contribution in [0.25, 0.3) is 0 Å². The van der Waals surface area contributed by atoms with Gasteiger partial charge in [-0.1, -0.05) is 0 Å². The fourth-order valence-corrected chi connectivity index (χ4v) is 2.29. The molecule has 6 heteroatoms. The van der Waals surface area contributed by atoms with Gasteiger partial charge in [0.15, 0.2) is 0 Å². The lowest BCUT2D eigenvalue weighted by molar-refractivity contribution is 0.0188. The van der Waals surface area contributed by atoms with Crippen LogP contribution in [0.5, 0.6) is 0 Å². The summed E-state index contributed by atoms with van der Waals surface area (Å²) in [7, 11) is 0. The number of nitrogens with one attached hydrogen (secondary N) is 1. The molecule has 0 aliphatic carbocycles. The molecule has 1 aliphatic heterocycles. The van der Waals surface area contributed by atoms with Crippen LogP contribution in [0, 0.1) is 5.92 Å². The molecule has 1 aromatic rings. The molecule has 0 saturated carbocycles. The molecule has 1 fully saturated rings. The smallest absolute Gasteiger partial charge is 0.410 e. The first-order valence-electron chi connectivity index (χ1n) is 7.42. The van der Waals surface area contributed by atoms with E-state index in [9.17, 15) is 4.79 Å². The van der Waals surface area contributed by atoms with Crippen LogP contribution in [-0.2, 0) is 4.74 Å². The van der Waals surface area contributed by atoms with Crippen LogP contribution in [0.4, 0.5) is 10.6 Å². The maximum Gasteiger partial charge on any atom is 0.410 e. The molecule has 1 amide bonds. The Morgan fingerprint density at radius 2 is 2.10 bits per heavy atom. The van der Waals surface area contributed by atoms with Crippen molar-refractivity contribution in [2.45, 2.75) is 39.2 Å². The highest BCUT2D eigenvalue weighted by atomic mass is 16.6. The summed E-state index contributed by atoms with van der Waals surface area (Å²) in [4.78, 5) is 22.0. The van der Waals surface area contributed by atoms with E-state index < -0.39 is 5.60 Å². The van der Waals surface area contributed by atoms with E-state index in [1.54, 1.807) is 23.5 Å². The highest BCUT2D eigenvalue weighted by Gasteiger charge is 2.26. The summed E-state index contributed by atoms with van der Waals surface area (Å²) in [5, 5.41) is 3.29. The highest BCUT2D eigenvalue weighted by Crippen LogP contribution is 2.20. The lowest BCUT2D eigenvalue weighted by atomic mass is 9.97. The van der Waals surface area contributed by atoms with Gasteiger partial charge in [-0.05, 0) is 39.5 Å². The monoisotopic (exact) mass is 292 g/mol. The fourth-order valence-electron chi connectivity index (χ4n) is 2.29. The molecule has 0 aromatic carbocycles. The third-order valence-electron chi connectivity index (χ3n) is 3.40. The summed E-state index contributed by atoms with van der Waals surface area (Å²) in [6.07, 6.45) is 6.80. The minimum atomic E-state index is -0.429. The van der Waals surface area contributed by atoms with Gasteiger partial charge in [-0.2, -0.15) is 0 Å². The van der Waals surface area contributed by atoms with E-state index in [0.717, 1.165) is 38.3 Å². The minimum Gasteiger partial charge on any atom is -0.444 e. The standard InChI is InChI=1S/C15H24N4O2/c1-15(2,3)21-14(20)19-8-4-12(5-9-19)10-18-13-11-16-6-7-17-13/h6-7,11-12H,4-5,8-10H2,1-3H3,(H,17,18). The van der Waals surface area contributed by atoms with Crippen LogP contribution in [0.15, 0.2) is 18.6 Å². The van der Waals surface area contributed by atoms with Crippen molar-refractivity contribution in [1.82, 2.24) is 14.9 Å². The van der Waals surface area contributed by atoms with Gasteiger partial charge in [0.05, 0.1) is 6.20 Å². The Hall–Kier alpha value is -1.85. The van der Waals surface area contributed by atoms with Gasteiger partial charge in [-0.3, -0.25) is 4.98 Å². The Labute approximate surface area is 125 Å². The highest BCUT2D eigenvalue weighted by molar-refractivity contribution is 5.68. The molecular weight excluding hydrogens is 268 g/mol. The molecule has 1 N–H and O–H groups in total. The first kappa shape index (κ1) is 15.5. The van der Waals surface area contributed by atoms with Gasteiger partial charge in [0.2, 0.25) is 0 Å². The summed E-state index contributed by atoms with van der Waals surface area (Å²) in [6, 6.07) is 0. The van der Waals surface area contributed by atoms with E-state index in [4.69, 9.17) is 4.74 Å². The number of carbonyl (C=O) groups excluding carboxylic acids is 1. The van der Waals surface area contributed by atoms with Crippen molar-refractivity contribution in [3.63, 3.8) is 0 Å². The summed E-state index contributed by atoms with van der Waals surface area (Å²) < 4.78 is 5.39. The Bertz CT molecular complexity index is 450. The number of carbonyl (C=O) groups is 1. The molecule has 0 radical (unpaired) electrons. The Morgan fingerprint density at radius 1 is 1.38 bits per heavy atom. The molecule has 0 atom stereocenters. The van der Waals surface area contributed by atoms with E-state index in [2.05, 4.69) is 15.3 Å². The number of likely N-dealkylation sites (tertiary alicyclic amines) is 1. The summed E-state index contributed by atoms with van der Waals surface area (Å²) in [6.45, 7) is 8.04. The quantitative estimate of drug-likeness (QED) is 0.927. The largest absolute Gasteiger partial charge is 0.444 e. The molecule has 1 aromatic heterocycles. The van der Waals surface area contributed by atoms with Gasteiger partial charge >= 0.3 is 6.09 Å². The van der Waals surface area contributed by atoms with Gasteiger partial charge in [0, 0.05) is 32.0 Å². The molecule has 2 heterocycles. The number of hydrogen-bond acceptors (Lipinski definition) is 5. The van der Waals surface area contributed by atoms with Crippen LogP contribution in [0.2, 0.25) is 0 Å². The topological polar surface area (TPSA) is 67.3 Å². The SMILES string of the molecule is CC(C)(C)OC(=O)N1CCC(CNc2cnccn2)CC1. The fraction of sp³-hybridized carbons (Fsp3) is 0.667. The van der Waals surface area contributed by atoms with Crippen LogP contribution >= 0.6 is 0 Å². The number of hydrogen-bond donors (Lipinski definition) is 1. The number of ether oxygens (including phenoxy) is 1. The van der Waals surface area contributed by atoms with Crippen LogP contribution in [-0.4, -0.2) is 46.2 Å². The Morgan fingerprint density at radius 3 is 2.67 bits per heavy atom. The van der Waals surface area contributed by atoms with Gasteiger partial charge in [0.25, 0.3) is 0 Å². The van der Waals surface area contributed by atoms with Crippen molar-refractivity contribution in [2.24, 2.45) is 5.92 Å². The molecule has 6 nitrogen and oxygen atoms in total. The normalized spacial score (nSPS) is 16.6. The predicted molar refractivity (Wildman–Crippen MR) is 81.1 cm³/mol. The second kappa shape index (κ2) is 6.74. The minimum absolute atomic E-state index is 0.206. The zero-order valence-corrected chi connectivity index (χ0v) is 13.0. The zero-order chi connectivity index (χ0) is 15.3. The average molecular weight is 292 g/mol. The van der Waals surface area contributed by atoms with Crippen molar-refractivity contribution >= 4 is 11.9 Å². The number of anilines is 1. The van der Waals surface area contributed by atoms with Crippen molar-refractivity contribution in [3.05, 3.63) is 18.6 Å². The van der Waals surface area contributed by atoms with E-state index in [1.807, 2.05) is 20.8 Å². The molecule has 1 aliphatic rings. The Balaban J connectivity index is 1.72. The second-order valence-corrected chi connectivity index (χ2v) is 6.38. The maximum atomic E-state index is 12.0. The first-order valence-corrected chi connectivity index (χ1v) is 7.42. The molecule has 0 bridgehead atoms.